The number of hydrogen-bond acceptors (Lipinski definition) is 3. The van der Waals surface area contributed by atoms with Gasteiger partial charge in [-0.3, -0.25) is 4.79 Å². The lowest BCUT2D eigenvalue weighted by Gasteiger charge is -2.25. The Balaban J connectivity index is 1.99. The Kier molecular flexibility index (Phi) is 6.24. The van der Waals surface area contributed by atoms with Gasteiger partial charge >= 0.3 is 0 Å². The molecular formula is C20H26N2O2. The predicted octanol–water partition coefficient (Wildman–Crippen LogP) is 4.17. The van der Waals surface area contributed by atoms with E-state index in [-0.39, 0.29) is 5.91 Å². The summed E-state index contributed by atoms with van der Waals surface area (Å²) in [5, 5.41) is 2.93. The summed E-state index contributed by atoms with van der Waals surface area (Å²) in [6.45, 7) is 7.86. The van der Waals surface area contributed by atoms with E-state index in [0.717, 1.165) is 6.54 Å². The van der Waals surface area contributed by atoms with E-state index < -0.39 is 0 Å². The van der Waals surface area contributed by atoms with Gasteiger partial charge < -0.3 is 15.0 Å². The number of hydrogen-bond donors (Lipinski definition) is 1. The summed E-state index contributed by atoms with van der Waals surface area (Å²) in [6.07, 6.45) is 0.430. The Morgan fingerprint density at radius 1 is 1.17 bits per heavy atom. The summed E-state index contributed by atoms with van der Waals surface area (Å²) in [5.74, 6) is 0.662. The molecule has 0 radical (unpaired) electrons. The molecule has 4 nitrogen and oxygen atoms in total. The summed E-state index contributed by atoms with van der Waals surface area (Å²) in [6, 6.07) is 13.9. The number of amides is 1. The molecule has 0 spiro atoms. The highest BCUT2D eigenvalue weighted by Crippen LogP contribution is 2.24. The molecule has 0 aromatic heterocycles. The van der Waals surface area contributed by atoms with Crippen LogP contribution in [-0.2, 0) is 4.79 Å². The number of methoxy groups -OCH3 is 1. The quantitative estimate of drug-likeness (QED) is 0.830. The van der Waals surface area contributed by atoms with Crippen LogP contribution >= 0.6 is 0 Å². The highest BCUT2D eigenvalue weighted by Gasteiger charge is 2.11. The van der Waals surface area contributed by atoms with Gasteiger partial charge in [0.1, 0.15) is 5.75 Å². The standard InChI is InChI=1S/C20H26N2O2/c1-5-22(18-11-10-15(2)14-16(18)3)13-12-20(23)21-17-8-6-7-9-19(17)24-4/h6-11,14H,5,12-13H2,1-4H3,(H,21,23). The number of nitrogens with one attached hydrogen (secondary N) is 1. The smallest absolute Gasteiger partial charge is 0.226 e. The van der Waals surface area contributed by atoms with Crippen LogP contribution in [0.5, 0.6) is 5.75 Å². The second kappa shape index (κ2) is 8.39. The van der Waals surface area contributed by atoms with Gasteiger partial charge in [-0.05, 0) is 44.5 Å². The lowest BCUT2D eigenvalue weighted by atomic mass is 10.1. The maximum Gasteiger partial charge on any atom is 0.226 e. The normalized spacial score (nSPS) is 10.3. The van der Waals surface area contributed by atoms with E-state index in [1.165, 1.54) is 16.8 Å². The molecule has 0 aliphatic carbocycles. The molecule has 0 aliphatic heterocycles. The molecule has 24 heavy (non-hydrogen) atoms. The summed E-state index contributed by atoms with van der Waals surface area (Å²) >= 11 is 0. The molecule has 2 aromatic rings. The number of benzene rings is 2. The molecule has 0 unspecified atom stereocenters. The van der Waals surface area contributed by atoms with E-state index in [1.54, 1.807) is 7.11 Å². The van der Waals surface area contributed by atoms with E-state index >= 15 is 0 Å². The van der Waals surface area contributed by atoms with Crippen LogP contribution in [0.3, 0.4) is 0 Å². The largest absolute Gasteiger partial charge is 0.495 e. The van der Waals surface area contributed by atoms with Crippen molar-refractivity contribution in [3.63, 3.8) is 0 Å². The fourth-order valence-electron chi connectivity index (χ4n) is 2.81. The van der Waals surface area contributed by atoms with Crippen LogP contribution in [0.25, 0.3) is 0 Å². The van der Waals surface area contributed by atoms with Gasteiger partial charge in [0.05, 0.1) is 12.8 Å². The van der Waals surface area contributed by atoms with Gasteiger partial charge in [0.2, 0.25) is 5.91 Å². The number of ether oxygens (including phenoxy) is 1. The molecule has 1 amide bonds. The van der Waals surface area contributed by atoms with Gasteiger partial charge in [-0.15, -0.1) is 0 Å². The Hall–Kier alpha value is -2.49. The fraction of sp³-hybridized carbons (Fsp3) is 0.350. The van der Waals surface area contributed by atoms with E-state index in [4.69, 9.17) is 4.74 Å². The second-order valence-corrected chi connectivity index (χ2v) is 5.87. The van der Waals surface area contributed by atoms with E-state index in [0.29, 0.717) is 24.4 Å². The molecule has 0 heterocycles. The van der Waals surface area contributed by atoms with Crippen molar-refractivity contribution in [2.45, 2.75) is 27.2 Å². The van der Waals surface area contributed by atoms with Crippen molar-refractivity contribution in [3.8, 4) is 5.75 Å². The molecule has 2 rings (SSSR count). The third kappa shape index (κ3) is 4.51. The van der Waals surface area contributed by atoms with Crippen LogP contribution in [0, 0.1) is 13.8 Å². The first-order valence-corrected chi connectivity index (χ1v) is 8.30. The average Bonchev–Trinajstić information content (AvgIpc) is 2.57. The van der Waals surface area contributed by atoms with Crippen molar-refractivity contribution in [2.75, 3.05) is 30.4 Å². The van der Waals surface area contributed by atoms with Crippen molar-refractivity contribution in [1.82, 2.24) is 0 Å². The summed E-state index contributed by atoms with van der Waals surface area (Å²) in [5.41, 5.74) is 4.39. The minimum absolute atomic E-state index is 0.0114. The second-order valence-electron chi connectivity index (χ2n) is 5.87. The minimum Gasteiger partial charge on any atom is -0.495 e. The van der Waals surface area contributed by atoms with Crippen molar-refractivity contribution in [3.05, 3.63) is 53.6 Å². The molecule has 0 bridgehead atoms. The Morgan fingerprint density at radius 2 is 1.92 bits per heavy atom. The van der Waals surface area contributed by atoms with Crippen molar-refractivity contribution in [2.24, 2.45) is 0 Å². The van der Waals surface area contributed by atoms with Crippen LogP contribution in [0.15, 0.2) is 42.5 Å². The van der Waals surface area contributed by atoms with E-state index in [1.807, 2.05) is 24.3 Å². The SMILES string of the molecule is CCN(CCC(=O)Nc1ccccc1OC)c1ccc(C)cc1C. The molecule has 0 fully saturated rings. The molecule has 0 aliphatic rings. The molecule has 0 saturated carbocycles. The van der Waals surface area contributed by atoms with Crippen LogP contribution in [0.2, 0.25) is 0 Å². The molecule has 1 N–H and O–H groups in total. The molecule has 128 valence electrons. The van der Waals surface area contributed by atoms with E-state index in [9.17, 15) is 4.79 Å². The Labute approximate surface area is 144 Å². The summed E-state index contributed by atoms with van der Waals surface area (Å²) in [4.78, 5) is 14.5. The first kappa shape index (κ1) is 17.9. The van der Waals surface area contributed by atoms with Crippen molar-refractivity contribution >= 4 is 17.3 Å². The average molecular weight is 326 g/mol. The Morgan fingerprint density at radius 3 is 2.58 bits per heavy atom. The molecule has 0 saturated heterocycles. The van der Waals surface area contributed by atoms with Crippen LogP contribution in [-0.4, -0.2) is 26.1 Å². The predicted molar refractivity (Wildman–Crippen MR) is 100 cm³/mol. The van der Waals surface area contributed by atoms with Crippen LogP contribution in [0.4, 0.5) is 11.4 Å². The summed E-state index contributed by atoms with van der Waals surface area (Å²) in [7, 11) is 1.60. The number of para-hydroxylation sites is 2. The molecule has 0 atom stereocenters. The lowest BCUT2D eigenvalue weighted by Crippen LogP contribution is -2.28. The van der Waals surface area contributed by atoms with Crippen molar-refractivity contribution < 1.29 is 9.53 Å². The third-order valence-electron chi connectivity index (χ3n) is 4.06. The van der Waals surface area contributed by atoms with Gasteiger partial charge in [-0.1, -0.05) is 29.8 Å². The van der Waals surface area contributed by atoms with Gasteiger partial charge in [-0.2, -0.15) is 0 Å². The van der Waals surface area contributed by atoms with Crippen LogP contribution < -0.4 is 15.0 Å². The maximum atomic E-state index is 12.3. The number of rotatable bonds is 7. The number of aryl methyl sites for hydroxylation is 2. The lowest BCUT2D eigenvalue weighted by molar-refractivity contribution is -0.116. The zero-order chi connectivity index (χ0) is 17.5. The van der Waals surface area contributed by atoms with Gasteiger partial charge in [0.25, 0.3) is 0 Å². The first-order chi connectivity index (χ1) is 11.5. The first-order valence-electron chi connectivity index (χ1n) is 8.30. The van der Waals surface area contributed by atoms with Gasteiger partial charge in [-0.25, -0.2) is 0 Å². The zero-order valence-electron chi connectivity index (χ0n) is 14.9. The number of carbonyl (C=O) groups excluding carboxylic acids is 1. The molecule has 4 heteroatoms. The topological polar surface area (TPSA) is 41.6 Å². The molecular weight excluding hydrogens is 300 g/mol. The number of carbonyl (C=O) groups is 1. The number of anilines is 2. The molecule has 2 aromatic carbocycles. The van der Waals surface area contributed by atoms with Gasteiger partial charge in [0.15, 0.2) is 0 Å². The van der Waals surface area contributed by atoms with Gasteiger partial charge in [0, 0.05) is 25.2 Å². The highest BCUT2D eigenvalue weighted by atomic mass is 16.5. The van der Waals surface area contributed by atoms with Crippen molar-refractivity contribution in [1.29, 1.82) is 0 Å². The zero-order valence-corrected chi connectivity index (χ0v) is 14.9. The van der Waals surface area contributed by atoms with E-state index in [2.05, 4.69) is 49.2 Å². The van der Waals surface area contributed by atoms with Crippen LogP contribution in [0.1, 0.15) is 24.5 Å². The monoisotopic (exact) mass is 326 g/mol. The summed E-state index contributed by atoms with van der Waals surface area (Å²) < 4.78 is 5.26. The maximum absolute atomic E-state index is 12.3. The third-order valence-corrected chi connectivity index (χ3v) is 4.06. The number of nitrogens with zero attached hydrogens (tertiary/aromatic N) is 1. The fourth-order valence-corrected chi connectivity index (χ4v) is 2.81. The highest BCUT2D eigenvalue weighted by molar-refractivity contribution is 5.92. The Bertz CT molecular complexity index is 698. The minimum atomic E-state index is -0.0114.